The molecule has 5 nitrogen and oxygen atoms in total. The fourth-order valence-electron chi connectivity index (χ4n) is 5.35. The fraction of sp³-hybridized carbons (Fsp3) is 0.536. The smallest absolute Gasteiger partial charge is 0.417 e. The topological polar surface area (TPSA) is 44.8 Å². The number of carbonyl (C=O) groups is 1. The first-order valence-corrected chi connectivity index (χ1v) is 13.4. The third-order valence-corrected chi connectivity index (χ3v) is 7.87. The highest BCUT2D eigenvalue weighted by Crippen LogP contribution is 2.37. The van der Waals surface area contributed by atoms with Crippen molar-refractivity contribution in [1.29, 1.82) is 0 Å². The molecule has 9 heteroatoms. The number of alkyl halides is 3. The summed E-state index contributed by atoms with van der Waals surface area (Å²) < 4.78 is 45.6. The van der Waals surface area contributed by atoms with Gasteiger partial charge in [-0.15, -0.1) is 0 Å². The molecule has 1 N–H and O–H groups in total. The van der Waals surface area contributed by atoms with Crippen molar-refractivity contribution in [3.05, 3.63) is 57.6 Å². The van der Waals surface area contributed by atoms with E-state index in [0.717, 1.165) is 62.7 Å². The molecule has 2 aliphatic rings. The van der Waals surface area contributed by atoms with E-state index in [9.17, 15) is 18.0 Å². The maximum atomic E-state index is 13.2. The van der Waals surface area contributed by atoms with Crippen LogP contribution in [0.15, 0.2) is 30.3 Å². The van der Waals surface area contributed by atoms with Crippen molar-refractivity contribution in [3.63, 3.8) is 0 Å². The number of benzene rings is 2. The summed E-state index contributed by atoms with van der Waals surface area (Å²) in [5.74, 6) is 1.05. The summed E-state index contributed by atoms with van der Waals surface area (Å²) in [6.07, 6.45) is 0.355. The summed E-state index contributed by atoms with van der Waals surface area (Å²) in [4.78, 5) is 16.1. The number of nitrogens with one attached hydrogen (secondary N) is 1. The first-order chi connectivity index (χ1) is 17.6. The minimum atomic E-state index is -4.48. The van der Waals surface area contributed by atoms with Gasteiger partial charge in [0, 0.05) is 37.8 Å². The molecular formula is C28H35ClF3N3O2. The summed E-state index contributed by atoms with van der Waals surface area (Å²) in [6.45, 7) is 8.29. The van der Waals surface area contributed by atoms with Gasteiger partial charge in [0.2, 0.25) is 5.91 Å². The normalized spacial score (nSPS) is 18.9. The van der Waals surface area contributed by atoms with Crippen molar-refractivity contribution in [1.82, 2.24) is 9.80 Å². The Morgan fingerprint density at radius 3 is 2.59 bits per heavy atom. The van der Waals surface area contributed by atoms with Crippen molar-refractivity contribution in [3.8, 4) is 5.75 Å². The number of nitrogens with zero attached hydrogens (tertiary/aromatic N) is 2. The number of hydrogen-bond donors (Lipinski definition) is 1. The Kier molecular flexibility index (Phi) is 8.90. The van der Waals surface area contributed by atoms with Crippen LogP contribution in [0.2, 0.25) is 5.02 Å². The minimum absolute atomic E-state index is 0.204. The molecule has 2 heterocycles. The van der Waals surface area contributed by atoms with E-state index in [4.69, 9.17) is 16.3 Å². The first-order valence-electron chi connectivity index (χ1n) is 13.0. The van der Waals surface area contributed by atoms with E-state index in [1.54, 1.807) is 6.07 Å². The monoisotopic (exact) mass is 537 g/mol. The van der Waals surface area contributed by atoms with Gasteiger partial charge in [0.1, 0.15) is 12.4 Å². The number of amides is 1. The van der Waals surface area contributed by atoms with Crippen LogP contribution >= 0.6 is 11.6 Å². The average molecular weight is 538 g/mol. The van der Waals surface area contributed by atoms with E-state index >= 15 is 0 Å². The predicted octanol–water partition coefficient (Wildman–Crippen LogP) is 6.62. The second kappa shape index (κ2) is 11.9. The fourth-order valence-corrected chi connectivity index (χ4v) is 5.57. The molecule has 0 saturated carbocycles. The van der Waals surface area contributed by atoms with Crippen LogP contribution < -0.4 is 10.1 Å². The molecule has 202 valence electrons. The maximum absolute atomic E-state index is 13.2. The zero-order chi connectivity index (χ0) is 26.6. The van der Waals surface area contributed by atoms with E-state index in [1.165, 1.54) is 17.2 Å². The number of likely N-dealkylation sites (tertiary alicyclic amines) is 2. The Bertz CT molecular complexity index is 1110. The number of halogens is 4. The molecule has 2 fully saturated rings. The SMILES string of the molecule is Cc1c(OCCN2CCCC2=O)ccc(C2CCCCN2CCNc2ccc(Cl)c(C(F)(F)F)c2)c1C. The lowest BCUT2D eigenvalue weighted by molar-refractivity contribution is -0.137. The third kappa shape index (κ3) is 6.71. The predicted molar refractivity (Wildman–Crippen MR) is 140 cm³/mol. The summed E-state index contributed by atoms with van der Waals surface area (Å²) in [6, 6.07) is 8.36. The van der Waals surface area contributed by atoms with Gasteiger partial charge < -0.3 is 15.0 Å². The zero-order valence-corrected chi connectivity index (χ0v) is 22.2. The summed E-state index contributed by atoms with van der Waals surface area (Å²) >= 11 is 5.75. The lowest BCUT2D eigenvalue weighted by Gasteiger charge is -2.37. The van der Waals surface area contributed by atoms with Crippen LogP contribution in [0.4, 0.5) is 18.9 Å². The van der Waals surface area contributed by atoms with Crippen molar-refractivity contribution >= 4 is 23.2 Å². The number of carbonyl (C=O) groups excluding carboxylic acids is 1. The van der Waals surface area contributed by atoms with E-state index < -0.39 is 11.7 Å². The molecule has 0 aromatic heterocycles. The van der Waals surface area contributed by atoms with Gasteiger partial charge in [0.25, 0.3) is 0 Å². The molecule has 4 rings (SSSR count). The second-order valence-electron chi connectivity index (χ2n) is 9.90. The summed E-state index contributed by atoms with van der Waals surface area (Å²) in [5, 5.41) is 2.85. The number of ether oxygens (including phenoxy) is 1. The van der Waals surface area contributed by atoms with Crippen molar-refractivity contribution in [2.24, 2.45) is 0 Å². The summed E-state index contributed by atoms with van der Waals surface area (Å²) in [5.41, 5.74) is 3.16. The maximum Gasteiger partial charge on any atom is 0.417 e. The average Bonchev–Trinajstić information content (AvgIpc) is 3.27. The second-order valence-corrected chi connectivity index (χ2v) is 10.3. The van der Waals surface area contributed by atoms with Crippen molar-refractivity contribution < 1.29 is 22.7 Å². The molecule has 2 saturated heterocycles. The molecular weight excluding hydrogens is 503 g/mol. The Balaban J connectivity index is 1.37. The molecule has 2 aliphatic heterocycles. The highest BCUT2D eigenvalue weighted by molar-refractivity contribution is 6.31. The van der Waals surface area contributed by atoms with Gasteiger partial charge in [0.15, 0.2) is 0 Å². The third-order valence-electron chi connectivity index (χ3n) is 7.54. The number of hydrogen-bond acceptors (Lipinski definition) is 4. The first kappa shape index (κ1) is 27.6. The van der Waals surface area contributed by atoms with Gasteiger partial charge in [-0.3, -0.25) is 9.69 Å². The standard InChI is InChI=1S/C28H35ClF3N3O2/c1-19-20(2)26(37-17-16-35-14-5-7-27(35)36)11-9-22(19)25-6-3-4-13-34(25)15-12-33-21-8-10-24(29)23(18-21)28(30,31)32/h8-11,18,25,33H,3-7,12-17H2,1-2H3. The molecule has 0 spiro atoms. The van der Waals surface area contributed by atoms with E-state index in [0.29, 0.717) is 31.8 Å². The number of anilines is 1. The Morgan fingerprint density at radius 2 is 1.86 bits per heavy atom. The quantitative estimate of drug-likeness (QED) is 0.390. The molecule has 1 atom stereocenters. The summed E-state index contributed by atoms with van der Waals surface area (Å²) in [7, 11) is 0. The van der Waals surface area contributed by atoms with Gasteiger partial charge in [-0.25, -0.2) is 0 Å². The Hall–Kier alpha value is -2.45. The van der Waals surface area contributed by atoms with Crippen LogP contribution in [-0.4, -0.2) is 55.0 Å². The molecule has 2 aromatic carbocycles. The van der Waals surface area contributed by atoms with E-state index in [2.05, 4.69) is 30.1 Å². The Labute approximate surface area is 221 Å². The van der Waals surface area contributed by atoms with Crippen LogP contribution in [0, 0.1) is 13.8 Å². The van der Waals surface area contributed by atoms with Gasteiger partial charge in [-0.2, -0.15) is 13.2 Å². The van der Waals surface area contributed by atoms with Crippen LogP contribution in [0.3, 0.4) is 0 Å². The molecule has 1 unspecified atom stereocenters. The zero-order valence-electron chi connectivity index (χ0n) is 21.5. The number of piperidine rings is 1. The number of rotatable bonds is 9. The lowest BCUT2D eigenvalue weighted by atomic mass is 9.90. The van der Waals surface area contributed by atoms with Crippen LogP contribution in [0.25, 0.3) is 0 Å². The minimum Gasteiger partial charge on any atom is -0.491 e. The lowest BCUT2D eigenvalue weighted by Crippen LogP contribution is -2.37. The van der Waals surface area contributed by atoms with Crippen LogP contribution in [-0.2, 0) is 11.0 Å². The van der Waals surface area contributed by atoms with Gasteiger partial charge in [-0.05, 0) is 80.6 Å². The van der Waals surface area contributed by atoms with E-state index in [1.807, 2.05) is 11.0 Å². The molecule has 37 heavy (non-hydrogen) atoms. The van der Waals surface area contributed by atoms with E-state index in [-0.39, 0.29) is 17.0 Å². The van der Waals surface area contributed by atoms with Crippen LogP contribution in [0.5, 0.6) is 5.75 Å². The largest absolute Gasteiger partial charge is 0.491 e. The molecule has 0 aliphatic carbocycles. The molecule has 1 amide bonds. The molecule has 0 radical (unpaired) electrons. The highest BCUT2D eigenvalue weighted by atomic mass is 35.5. The highest BCUT2D eigenvalue weighted by Gasteiger charge is 2.33. The Morgan fingerprint density at radius 1 is 1.05 bits per heavy atom. The van der Waals surface area contributed by atoms with Crippen molar-refractivity contribution in [2.75, 3.05) is 44.6 Å². The van der Waals surface area contributed by atoms with Gasteiger partial charge >= 0.3 is 6.18 Å². The molecule has 0 bridgehead atoms. The van der Waals surface area contributed by atoms with Gasteiger partial charge in [0.05, 0.1) is 17.1 Å². The van der Waals surface area contributed by atoms with Crippen molar-refractivity contribution in [2.45, 2.75) is 58.2 Å². The van der Waals surface area contributed by atoms with Gasteiger partial charge in [-0.1, -0.05) is 24.1 Å². The van der Waals surface area contributed by atoms with Crippen LogP contribution in [0.1, 0.15) is 60.4 Å². The molecule has 2 aromatic rings.